The van der Waals surface area contributed by atoms with Crippen LogP contribution >= 0.6 is 0 Å². The van der Waals surface area contributed by atoms with Crippen molar-refractivity contribution in [2.45, 2.75) is 26.2 Å². The smallest absolute Gasteiger partial charge is 0.166 e. The van der Waals surface area contributed by atoms with Crippen LogP contribution in [0.25, 0.3) is 0 Å². The third-order valence-corrected chi connectivity index (χ3v) is 2.59. The number of ketones is 1. The maximum absolute atomic E-state index is 11.5. The number of hydrogen-bond donors (Lipinski definition) is 1. The van der Waals surface area contributed by atoms with Gasteiger partial charge in [-0.3, -0.25) is 9.59 Å². The number of fused-ring (bicyclic) bond motifs is 1. The molecule has 0 aromatic carbocycles. The van der Waals surface area contributed by atoms with Crippen molar-refractivity contribution < 1.29 is 9.59 Å². The standard InChI is InChI=1S/C10H11NO2/c1-6-8(5-12)11-7-3-2-4-9(13)10(6)7/h5,11H,2-4H2,1H3. The van der Waals surface area contributed by atoms with Crippen molar-refractivity contribution in [3.63, 3.8) is 0 Å². The highest BCUT2D eigenvalue weighted by Crippen LogP contribution is 2.25. The number of Topliss-reactive ketones (excluding diaryl/α,β-unsaturated/α-hetero) is 1. The second kappa shape index (κ2) is 2.83. The minimum atomic E-state index is 0.170. The zero-order valence-electron chi connectivity index (χ0n) is 7.52. The number of aldehydes is 1. The van der Waals surface area contributed by atoms with Gasteiger partial charge in [0.1, 0.15) is 0 Å². The third-order valence-electron chi connectivity index (χ3n) is 2.59. The Bertz CT molecular complexity index is 377. The zero-order chi connectivity index (χ0) is 9.42. The average Bonchev–Trinajstić information content (AvgIpc) is 2.44. The number of H-pyrrole nitrogens is 1. The SMILES string of the molecule is Cc1c(C=O)[nH]c2c1C(=O)CCC2. The van der Waals surface area contributed by atoms with Crippen LogP contribution in [0.1, 0.15) is 44.9 Å². The molecule has 0 amide bonds. The summed E-state index contributed by atoms with van der Waals surface area (Å²) in [4.78, 5) is 25.1. The van der Waals surface area contributed by atoms with E-state index in [1.165, 1.54) is 0 Å². The molecule has 1 aliphatic carbocycles. The molecule has 1 N–H and O–H groups in total. The lowest BCUT2D eigenvalue weighted by Crippen LogP contribution is -2.09. The average molecular weight is 177 g/mol. The van der Waals surface area contributed by atoms with Gasteiger partial charge < -0.3 is 4.98 Å². The number of aryl methyl sites for hydroxylation is 1. The number of carbonyl (C=O) groups is 2. The third kappa shape index (κ3) is 1.11. The zero-order valence-corrected chi connectivity index (χ0v) is 7.52. The molecule has 0 unspecified atom stereocenters. The predicted octanol–water partition coefficient (Wildman–Crippen LogP) is 1.65. The highest BCUT2D eigenvalue weighted by Gasteiger charge is 2.23. The molecule has 0 atom stereocenters. The van der Waals surface area contributed by atoms with E-state index in [4.69, 9.17) is 0 Å². The Labute approximate surface area is 76.1 Å². The second-order valence-corrected chi connectivity index (χ2v) is 3.41. The van der Waals surface area contributed by atoms with Gasteiger partial charge in [-0.15, -0.1) is 0 Å². The molecule has 2 rings (SSSR count). The molecule has 3 nitrogen and oxygen atoms in total. The normalized spacial score (nSPS) is 15.6. The van der Waals surface area contributed by atoms with Crippen LogP contribution in [-0.2, 0) is 6.42 Å². The number of nitrogens with one attached hydrogen (secondary N) is 1. The summed E-state index contributed by atoms with van der Waals surface area (Å²) in [6, 6.07) is 0. The van der Waals surface area contributed by atoms with E-state index in [2.05, 4.69) is 4.98 Å². The summed E-state index contributed by atoms with van der Waals surface area (Å²) < 4.78 is 0. The fraction of sp³-hybridized carbons (Fsp3) is 0.400. The lowest BCUT2D eigenvalue weighted by molar-refractivity contribution is 0.0971. The number of rotatable bonds is 1. The van der Waals surface area contributed by atoms with E-state index in [9.17, 15) is 9.59 Å². The van der Waals surface area contributed by atoms with E-state index >= 15 is 0 Å². The molecule has 1 aromatic rings. The first-order chi connectivity index (χ1) is 6.24. The fourth-order valence-electron chi connectivity index (χ4n) is 1.91. The summed E-state index contributed by atoms with van der Waals surface area (Å²) in [5.41, 5.74) is 3.07. The molecule has 1 aromatic heterocycles. The first-order valence-electron chi connectivity index (χ1n) is 4.44. The lowest BCUT2D eigenvalue weighted by atomic mass is 9.94. The second-order valence-electron chi connectivity index (χ2n) is 3.41. The molecular formula is C10H11NO2. The molecule has 0 spiro atoms. The van der Waals surface area contributed by atoms with E-state index in [1.807, 2.05) is 6.92 Å². The quantitative estimate of drug-likeness (QED) is 0.663. The van der Waals surface area contributed by atoms with E-state index in [0.717, 1.165) is 35.9 Å². The van der Waals surface area contributed by atoms with Gasteiger partial charge in [0.05, 0.1) is 5.69 Å². The Morgan fingerprint density at radius 3 is 2.77 bits per heavy atom. The number of aromatic amines is 1. The molecule has 1 heterocycles. The Balaban J connectivity index is 2.61. The summed E-state index contributed by atoms with van der Waals surface area (Å²) in [5.74, 6) is 0.170. The highest BCUT2D eigenvalue weighted by atomic mass is 16.1. The van der Waals surface area contributed by atoms with Gasteiger partial charge >= 0.3 is 0 Å². The Hall–Kier alpha value is -1.38. The van der Waals surface area contributed by atoms with Gasteiger partial charge in [0.15, 0.2) is 12.1 Å². The van der Waals surface area contributed by atoms with Crippen LogP contribution in [0.15, 0.2) is 0 Å². The van der Waals surface area contributed by atoms with Crippen molar-refractivity contribution in [1.29, 1.82) is 0 Å². The van der Waals surface area contributed by atoms with Gasteiger partial charge in [0.2, 0.25) is 0 Å². The van der Waals surface area contributed by atoms with Crippen molar-refractivity contribution in [2.75, 3.05) is 0 Å². The van der Waals surface area contributed by atoms with Crippen LogP contribution in [0, 0.1) is 6.92 Å². The van der Waals surface area contributed by atoms with Crippen LogP contribution in [0.2, 0.25) is 0 Å². The number of aromatic nitrogens is 1. The summed E-state index contributed by atoms with van der Waals surface area (Å²) in [7, 11) is 0. The fourth-order valence-corrected chi connectivity index (χ4v) is 1.91. The van der Waals surface area contributed by atoms with E-state index in [0.29, 0.717) is 12.1 Å². The van der Waals surface area contributed by atoms with Crippen LogP contribution in [0.3, 0.4) is 0 Å². The van der Waals surface area contributed by atoms with E-state index < -0.39 is 0 Å². The molecule has 0 aliphatic heterocycles. The molecule has 0 bridgehead atoms. The summed E-state index contributed by atoms with van der Waals surface area (Å²) in [6.07, 6.45) is 3.17. The highest BCUT2D eigenvalue weighted by molar-refractivity contribution is 6.01. The van der Waals surface area contributed by atoms with Crippen molar-refractivity contribution in [3.05, 3.63) is 22.5 Å². The predicted molar refractivity (Wildman–Crippen MR) is 48.2 cm³/mol. The molecule has 1 aliphatic rings. The molecule has 3 heteroatoms. The largest absolute Gasteiger partial charge is 0.355 e. The maximum atomic E-state index is 11.5. The van der Waals surface area contributed by atoms with Crippen LogP contribution in [0.4, 0.5) is 0 Å². The van der Waals surface area contributed by atoms with Crippen LogP contribution < -0.4 is 0 Å². The van der Waals surface area contributed by atoms with Crippen molar-refractivity contribution in [3.8, 4) is 0 Å². The molecule has 13 heavy (non-hydrogen) atoms. The minimum Gasteiger partial charge on any atom is -0.355 e. The van der Waals surface area contributed by atoms with Gasteiger partial charge in [-0.05, 0) is 25.3 Å². The topological polar surface area (TPSA) is 49.9 Å². The van der Waals surface area contributed by atoms with Gasteiger partial charge in [-0.2, -0.15) is 0 Å². The number of carbonyl (C=O) groups excluding carboxylic acids is 2. The van der Waals surface area contributed by atoms with Gasteiger partial charge in [0.25, 0.3) is 0 Å². The minimum absolute atomic E-state index is 0.170. The van der Waals surface area contributed by atoms with Gasteiger partial charge in [-0.25, -0.2) is 0 Å². The van der Waals surface area contributed by atoms with E-state index in [-0.39, 0.29) is 5.78 Å². The monoisotopic (exact) mass is 177 g/mol. The molecule has 68 valence electrons. The van der Waals surface area contributed by atoms with Gasteiger partial charge in [0, 0.05) is 17.7 Å². The molecular weight excluding hydrogens is 166 g/mol. The van der Waals surface area contributed by atoms with Crippen molar-refractivity contribution in [1.82, 2.24) is 4.98 Å². The van der Waals surface area contributed by atoms with Crippen LogP contribution in [-0.4, -0.2) is 17.1 Å². The van der Waals surface area contributed by atoms with E-state index in [1.54, 1.807) is 0 Å². The summed E-state index contributed by atoms with van der Waals surface area (Å²) in [5, 5.41) is 0. The Morgan fingerprint density at radius 1 is 1.38 bits per heavy atom. The Morgan fingerprint density at radius 2 is 2.15 bits per heavy atom. The molecule has 0 saturated heterocycles. The number of hydrogen-bond acceptors (Lipinski definition) is 2. The lowest BCUT2D eigenvalue weighted by Gasteiger charge is -2.09. The molecule has 0 saturated carbocycles. The maximum Gasteiger partial charge on any atom is 0.166 e. The summed E-state index contributed by atoms with van der Waals surface area (Å²) in [6.45, 7) is 1.82. The van der Waals surface area contributed by atoms with Crippen LogP contribution in [0.5, 0.6) is 0 Å². The Kier molecular flexibility index (Phi) is 1.79. The first-order valence-corrected chi connectivity index (χ1v) is 4.44. The van der Waals surface area contributed by atoms with Crippen molar-refractivity contribution >= 4 is 12.1 Å². The summed E-state index contributed by atoms with van der Waals surface area (Å²) >= 11 is 0. The van der Waals surface area contributed by atoms with Crippen molar-refractivity contribution in [2.24, 2.45) is 0 Å². The molecule has 0 fully saturated rings. The first kappa shape index (κ1) is 8.23. The van der Waals surface area contributed by atoms with Gasteiger partial charge in [-0.1, -0.05) is 0 Å². The molecule has 0 radical (unpaired) electrons.